The van der Waals surface area contributed by atoms with Crippen LogP contribution in [0.4, 0.5) is 0 Å². The number of carbonyl (C=O) groups is 2. The van der Waals surface area contributed by atoms with Crippen LogP contribution in [-0.2, 0) is 4.79 Å². The number of likely N-dealkylation sites (tertiary alicyclic amines) is 1. The first kappa shape index (κ1) is 16.4. The Morgan fingerprint density at radius 1 is 1.00 bits per heavy atom. The van der Waals surface area contributed by atoms with E-state index in [0.717, 1.165) is 24.1 Å². The second-order valence-corrected chi connectivity index (χ2v) is 6.28. The predicted octanol–water partition coefficient (Wildman–Crippen LogP) is 3.33. The van der Waals surface area contributed by atoms with Crippen molar-refractivity contribution >= 4 is 11.8 Å². The van der Waals surface area contributed by atoms with Crippen molar-refractivity contribution in [3.63, 3.8) is 0 Å². The van der Waals surface area contributed by atoms with Gasteiger partial charge in [-0.2, -0.15) is 0 Å². The normalized spacial score (nSPS) is 18.2. The van der Waals surface area contributed by atoms with Gasteiger partial charge in [-0.3, -0.25) is 14.5 Å². The third-order valence-electron chi connectivity index (χ3n) is 4.54. The maximum Gasteiger partial charge on any atom is 0.307 e. The number of carboxylic acid groups (broad SMARTS) is 1. The molecule has 0 spiro atoms. The average molecular weight is 323 g/mol. The van der Waals surface area contributed by atoms with Crippen molar-refractivity contribution in [2.24, 2.45) is 5.92 Å². The Kier molecular flexibility index (Phi) is 5.06. The van der Waals surface area contributed by atoms with Crippen LogP contribution in [0, 0.1) is 5.92 Å². The number of piperidine rings is 1. The molecule has 0 bridgehead atoms. The third kappa shape index (κ3) is 3.89. The van der Waals surface area contributed by atoms with Gasteiger partial charge in [0.2, 0.25) is 0 Å². The standard InChI is InChI=1S/C20H21NO3/c22-19(14-21-12-4-7-18(13-21)20(23)24)17-10-8-16(9-11-17)15-5-2-1-3-6-15/h1-3,5-6,8-11,18H,4,7,12-14H2,(H,23,24). The van der Waals surface area contributed by atoms with Crippen LogP contribution >= 0.6 is 0 Å². The van der Waals surface area contributed by atoms with Crippen LogP contribution in [0.3, 0.4) is 0 Å². The minimum absolute atomic E-state index is 0.0423. The summed E-state index contributed by atoms with van der Waals surface area (Å²) < 4.78 is 0. The summed E-state index contributed by atoms with van der Waals surface area (Å²) in [5, 5.41) is 9.13. The summed E-state index contributed by atoms with van der Waals surface area (Å²) in [5.74, 6) is -1.08. The number of hydrogen-bond acceptors (Lipinski definition) is 3. The molecule has 0 aliphatic carbocycles. The van der Waals surface area contributed by atoms with Crippen LogP contribution in [-0.4, -0.2) is 41.4 Å². The lowest BCUT2D eigenvalue weighted by Crippen LogP contribution is -2.41. The zero-order valence-corrected chi connectivity index (χ0v) is 13.5. The molecule has 1 aliphatic heterocycles. The first-order chi connectivity index (χ1) is 11.6. The highest BCUT2D eigenvalue weighted by atomic mass is 16.4. The Balaban J connectivity index is 1.64. The van der Waals surface area contributed by atoms with Gasteiger partial charge in [0.15, 0.2) is 5.78 Å². The number of nitrogens with zero attached hydrogens (tertiary/aromatic N) is 1. The van der Waals surface area contributed by atoms with Crippen LogP contribution in [0.1, 0.15) is 23.2 Å². The van der Waals surface area contributed by atoms with E-state index in [2.05, 4.69) is 0 Å². The van der Waals surface area contributed by atoms with Crippen molar-refractivity contribution in [1.29, 1.82) is 0 Å². The van der Waals surface area contributed by atoms with Gasteiger partial charge in [-0.25, -0.2) is 0 Å². The Morgan fingerprint density at radius 2 is 1.67 bits per heavy atom. The highest BCUT2D eigenvalue weighted by molar-refractivity contribution is 5.98. The Hall–Kier alpha value is -2.46. The first-order valence-corrected chi connectivity index (χ1v) is 8.27. The molecule has 0 radical (unpaired) electrons. The highest BCUT2D eigenvalue weighted by Gasteiger charge is 2.26. The number of rotatable bonds is 5. The summed E-state index contributed by atoms with van der Waals surface area (Å²) in [6.07, 6.45) is 1.53. The number of hydrogen-bond donors (Lipinski definition) is 1. The molecule has 124 valence electrons. The Morgan fingerprint density at radius 3 is 2.33 bits per heavy atom. The van der Waals surface area contributed by atoms with Gasteiger partial charge in [0, 0.05) is 12.1 Å². The van der Waals surface area contributed by atoms with Crippen LogP contribution < -0.4 is 0 Å². The molecule has 4 heteroatoms. The van der Waals surface area contributed by atoms with Crippen molar-refractivity contribution in [1.82, 2.24) is 4.90 Å². The van der Waals surface area contributed by atoms with Crippen LogP contribution in [0.25, 0.3) is 11.1 Å². The van der Waals surface area contributed by atoms with Crippen molar-refractivity contribution in [3.05, 3.63) is 60.2 Å². The van der Waals surface area contributed by atoms with E-state index >= 15 is 0 Å². The van der Waals surface area contributed by atoms with Gasteiger partial charge in [-0.1, -0.05) is 54.6 Å². The molecule has 1 aliphatic rings. The van der Waals surface area contributed by atoms with Gasteiger partial charge in [-0.15, -0.1) is 0 Å². The molecule has 1 unspecified atom stereocenters. The number of benzene rings is 2. The highest BCUT2D eigenvalue weighted by Crippen LogP contribution is 2.20. The SMILES string of the molecule is O=C(CN1CCCC(C(=O)O)C1)c1ccc(-c2ccccc2)cc1. The average Bonchev–Trinajstić information content (AvgIpc) is 2.63. The minimum atomic E-state index is -0.764. The molecule has 2 aromatic carbocycles. The summed E-state index contributed by atoms with van der Waals surface area (Å²) in [7, 11) is 0. The smallest absolute Gasteiger partial charge is 0.307 e. The quantitative estimate of drug-likeness (QED) is 0.858. The molecule has 2 aromatic rings. The zero-order chi connectivity index (χ0) is 16.9. The molecule has 0 amide bonds. The van der Waals surface area contributed by atoms with Gasteiger partial charge in [0.25, 0.3) is 0 Å². The zero-order valence-electron chi connectivity index (χ0n) is 13.5. The number of Topliss-reactive ketones (excluding diaryl/α,β-unsaturated/α-hetero) is 1. The van der Waals surface area contributed by atoms with Crippen molar-refractivity contribution in [3.8, 4) is 11.1 Å². The van der Waals surface area contributed by atoms with Crippen molar-refractivity contribution < 1.29 is 14.7 Å². The largest absolute Gasteiger partial charge is 0.481 e. The molecule has 3 rings (SSSR count). The Labute approximate surface area is 141 Å². The van der Waals surface area contributed by atoms with E-state index < -0.39 is 5.97 Å². The molecule has 1 saturated heterocycles. The lowest BCUT2D eigenvalue weighted by Gasteiger charge is -2.29. The molecule has 1 N–H and O–H groups in total. The van der Waals surface area contributed by atoms with Crippen LogP contribution in [0.2, 0.25) is 0 Å². The van der Waals surface area contributed by atoms with E-state index in [1.165, 1.54) is 0 Å². The molecule has 1 atom stereocenters. The van der Waals surface area contributed by atoms with Crippen LogP contribution in [0.5, 0.6) is 0 Å². The van der Waals surface area contributed by atoms with Gasteiger partial charge < -0.3 is 5.11 Å². The van der Waals surface area contributed by atoms with E-state index in [-0.39, 0.29) is 18.2 Å². The van der Waals surface area contributed by atoms with E-state index in [1.807, 2.05) is 59.5 Å². The van der Waals surface area contributed by atoms with E-state index in [0.29, 0.717) is 18.5 Å². The lowest BCUT2D eigenvalue weighted by atomic mass is 9.97. The summed E-state index contributed by atoms with van der Waals surface area (Å²) >= 11 is 0. The molecular formula is C20H21NO3. The van der Waals surface area contributed by atoms with Gasteiger partial charge >= 0.3 is 5.97 Å². The fourth-order valence-electron chi connectivity index (χ4n) is 3.17. The number of carbonyl (C=O) groups excluding carboxylic acids is 1. The number of carboxylic acids is 1. The number of aliphatic carboxylic acids is 1. The number of ketones is 1. The summed E-state index contributed by atoms with van der Waals surface area (Å²) in [6.45, 7) is 1.54. The second kappa shape index (κ2) is 7.41. The second-order valence-electron chi connectivity index (χ2n) is 6.28. The molecule has 1 fully saturated rings. The Bertz CT molecular complexity index is 709. The minimum Gasteiger partial charge on any atom is -0.481 e. The van der Waals surface area contributed by atoms with Crippen molar-refractivity contribution in [2.45, 2.75) is 12.8 Å². The summed E-state index contributed by atoms with van der Waals surface area (Å²) in [5.41, 5.74) is 2.88. The fraction of sp³-hybridized carbons (Fsp3) is 0.300. The lowest BCUT2D eigenvalue weighted by molar-refractivity contribution is -0.143. The molecule has 4 nitrogen and oxygen atoms in total. The maximum absolute atomic E-state index is 12.4. The van der Waals surface area contributed by atoms with Crippen LogP contribution in [0.15, 0.2) is 54.6 Å². The summed E-state index contributed by atoms with van der Waals surface area (Å²) in [6, 6.07) is 17.6. The molecular weight excluding hydrogens is 302 g/mol. The van der Waals surface area contributed by atoms with E-state index in [9.17, 15) is 9.59 Å². The third-order valence-corrected chi connectivity index (χ3v) is 4.54. The van der Waals surface area contributed by atoms with Gasteiger partial charge in [0.1, 0.15) is 0 Å². The molecule has 0 aromatic heterocycles. The van der Waals surface area contributed by atoms with Gasteiger partial charge in [0.05, 0.1) is 12.5 Å². The topological polar surface area (TPSA) is 57.6 Å². The van der Waals surface area contributed by atoms with E-state index in [1.54, 1.807) is 0 Å². The first-order valence-electron chi connectivity index (χ1n) is 8.27. The molecule has 1 heterocycles. The van der Waals surface area contributed by atoms with Crippen molar-refractivity contribution in [2.75, 3.05) is 19.6 Å². The predicted molar refractivity (Wildman–Crippen MR) is 93.0 cm³/mol. The van der Waals surface area contributed by atoms with Gasteiger partial charge in [-0.05, 0) is 30.5 Å². The molecule has 24 heavy (non-hydrogen) atoms. The summed E-state index contributed by atoms with van der Waals surface area (Å²) in [4.78, 5) is 25.5. The monoisotopic (exact) mass is 323 g/mol. The van der Waals surface area contributed by atoms with E-state index in [4.69, 9.17) is 5.11 Å². The molecule has 0 saturated carbocycles. The maximum atomic E-state index is 12.4. The fourth-order valence-corrected chi connectivity index (χ4v) is 3.17.